The highest BCUT2D eigenvalue weighted by Crippen LogP contribution is 2.45. The molecule has 0 atom stereocenters. The molecule has 0 amide bonds. The van der Waals surface area contributed by atoms with Gasteiger partial charge in [-0.05, 0) is 101 Å². The maximum absolute atomic E-state index is 6.74. The Morgan fingerprint density at radius 3 is 1.87 bits per heavy atom. The third-order valence-corrected chi connectivity index (χ3v) is 9.84. The van der Waals surface area contributed by atoms with Gasteiger partial charge in [-0.1, -0.05) is 71.9 Å². The van der Waals surface area contributed by atoms with Crippen molar-refractivity contribution in [2.24, 2.45) is 0 Å². The predicted octanol–water partition coefficient (Wildman–Crippen LogP) is 9.66. The van der Waals surface area contributed by atoms with Gasteiger partial charge in [0.2, 0.25) is 0 Å². The number of anilines is 3. The SMILES string of the molecule is CC(C)(C)c1ccc2c(c1)c1cc(C(C)(C)C)ccc1n2-c1cc2c3c(c1)N(c1ccccc1)c1cccn1B3n1cccc1O2. The van der Waals surface area contributed by atoms with Crippen LogP contribution in [0.4, 0.5) is 17.2 Å². The molecule has 6 heteroatoms. The summed E-state index contributed by atoms with van der Waals surface area (Å²) in [7, 11) is 0. The highest BCUT2D eigenvalue weighted by molar-refractivity contribution is 6.74. The van der Waals surface area contributed by atoms with Crippen molar-refractivity contribution in [3.8, 4) is 17.3 Å². The molecule has 5 heterocycles. The van der Waals surface area contributed by atoms with Gasteiger partial charge >= 0.3 is 6.98 Å². The van der Waals surface area contributed by atoms with Gasteiger partial charge in [0.15, 0.2) is 5.88 Å². The molecular formula is C40H37BN4O. The normalized spacial score (nSPS) is 14.0. The van der Waals surface area contributed by atoms with Gasteiger partial charge in [0.25, 0.3) is 0 Å². The Balaban J connectivity index is 1.37. The van der Waals surface area contributed by atoms with Crippen molar-refractivity contribution in [2.75, 3.05) is 4.90 Å². The molecule has 0 N–H and O–H groups in total. The molecule has 2 aliphatic heterocycles. The van der Waals surface area contributed by atoms with Crippen molar-refractivity contribution in [3.05, 3.63) is 127 Å². The van der Waals surface area contributed by atoms with Crippen molar-refractivity contribution in [2.45, 2.75) is 52.4 Å². The first kappa shape index (κ1) is 27.2. The maximum atomic E-state index is 6.74. The molecule has 0 bridgehead atoms. The Labute approximate surface area is 270 Å². The molecule has 0 saturated carbocycles. The molecule has 46 heavy (non-hydrogen) atoms. The number of hydrogen-bond donors (Lipinski definition) is 0. The Morgan fingerprint density at radius 1 is 0.587 bits per heavy atom. The third kappa shape index (κ3) is 3.82. The fraction of sp³-hybridized carbons (Fsp3) is 0.200. The number of aromatic nitrogens is 3. The van der Waals surface area contributed by atoms with Gasteiger partial charge in [0, 0.05) is 28.0 Å². The molecule has 9 rings (SSSR count). The van der Waals surface area contributed by atoms with Gasteiger partial charge in [-0.15, -0.1) is 0 Å². The number of fused-ring (bicyclic) bond motifs is 7. The lowest BCUT2D eigenvalue weighted by molar-refractivity contribution is 0.453. The lowest BCUT2D eigenvalue weighted by Gasteiger charge is -2.39. The lowest BCUT2D eigenvalue weighted by Crippen LogP contribution is -2.52. The second kappa shape index (κ2) is 9.23. The molecule has 4 aromatic carbocycles. The van der Waals surface area contributed by atoms with Gasteiger partial charge < -0.3 is 18.3 Å². The monoisotopic (exact) mass is 600 g/mol. The fourth-order valence-corrected chi connectivity index (χ4v) is 7.43. The van der Waals surface area contributed by atoms with Crippen LogP contribution in [0, 0.1) is 0 Å². The zero-order valence-electron chi connectivity index (χ0n) is 27.2. The summed E-state index contributed by atoms with van der Waals surface area (Å²) in [6.07, 6.45) is 4.30. The average Bonchev–Trinajstić information content (AvgIpc) is 3.77. The summed E-state index contributed by atoms with van der Waals surface area (Å²) in [5.41, 5.74) is 9.64. The summed E-state index contributed by atoms with van der Waals surface area (Å²) in [6, 6.07) is 37.8. The molecule has 7 aromatic rings. The van der Waals surface area contributed by atoms with Crippen LogP contribution in [-0.2, 0) is 10.8 Å². The van der Waals surface area contributed by atoms with Crippen LogP contribution in [0.25, 0.3) is 27.5 Å². The van der Waals surface area contributed by atoms with E-state index in [2.05, 4.69) is 175 Å². The smallest absolute Gasteiger partial charge is 0.429 e. The topological polar surface area (TPSA) is 27.3 Å². The standard InChI is InChI=1S/C40H37BN4O/c1-39(2,3)26-16-18-32-30(22-26)31-23-27(40(4,5)6)17-19-33(31)44(32)29-24-34-38-35(25-29)46-37-15-11-21-43(37)41(38)42-20-10-14-36(42)45(34)28-12-8-7-9-13-28/h7-25H,1-6H3. The van der Waals surface area contributed by atoms with Crippen LogP contribution in [0.1, 0.15) is 52.7 Å². The largest absolute Gasteiger partial charge is 0.442 e. The molecule has 226 valence electrons. The number of benzene rings is 4. The van der Waals surface area contributed by atoms with Crippen molar-refractivity contribution < 1.29 is 4.74 Å². The minimum absolute atomic E-state index is 0.0374. The Hall–Kier alpha value is -5.10. The average molecular weight is 601 g/mol. The molecule has 0 radical (unpaired) electrons. The van der Waals surface area contributed by atoms with Crippen LogP contribution >= 0.6 is 0 Å². The van der Waals surface area contributed by atoms with E-state index in [9.17, 15) is 0 Å². The highest BCUT2D eigenvalue weighted by Gasteiger charge is 2.42. The van der Waals surface area contributed by atoms with Crippen LogP contribution in [-0.4, -0.2) is 20.5 Å². The van der Waals surface area contributed by atoms with Gasteiger partial charge in [-0.2, -0.15) is 0 Å². The van der Waals surface area contributed by atoms with Crippen molar-refractivity contribution >= 4 is 51.4 Å². The Kier molecular flexibility index (Phi) is 5.46. The molecule has 0 saturated heterocycles. The first-order valence-corrected chi connectivity index (χ1v) is 16.2. The van der Waals surface area contributed by atoms with E-state index in [1.54, 1.807) is 0 Å². The summed E-state index contributed by atoms with van der Waals surface area (Å²) in [6.45, 7) is 13.7. The quantitative estimate of drug-likeness (QED) is 0.185. The number of nitrogens with zero attached hydrogens (tertiary/aromatic N) is 4. The van der Waals surface area contributed by atoms with Gasteiger partial charge in [0.05, 0.1) is 22.4 Å². The minimum Gasteiger partial charge on any atom is -0.442 e. The highest BCUT2D eigenvalue weighted by atomic mass is 16.5. The van der Waals surface area contributed by atoms with Crippen LogP contribution in [0.5, 0.6) is 11.6 Å². The number of rotatable bonds is 2. The summed E-state index contributed by atoms with van der Waals surface area (Å²) in [5.74, 6) is 2.86. The molecule has 2 aliphatic rings. The molecule has 0 aliphatic carbocycles. The maximum Gasteiger partial charge on any atom is 0.429 e. The van der Waals surface area contributed by atoms with E-state index in [0.717, 1.165) is 40.0 Å². The van der Waals surface area contributed by atoms with Gasteiger partial charge in [-0.3, -0.25) is 4.90 Å². The van der Waals surface area contributed by atoms with E-state index in [1.807, 2.05) is 0 Å². The second-order valence-corrected chi connectivity index (χ2v) is 14.9. The van der Waals surface area contributed by atoms with Crippen LogP contribution in [0.2, 0.25) is 0 Å². The van der Waals surface area contributed by atoms with Gasteiger partial charge in [0.1, 0.15) is 11.6 Å². The third-order valence-electron chi connectivity index (χ3n) is 9.84. The number of ether oxygens (including phenoxy) is 1. The van der Waals surface area contributed by atoms with Crippen molar-refractivity contribution in [1.82, 2.24) is 13.5 Å². The Morgan fingerprint density at radius 2 is 1.22 bits per heavy atom. The zero-order valence-corrected chi connectivity index (χ0v) is 27.2. The summed E-state index contributed by atoms with van der Waals surface area (Å²) >= 11 is 0. The zero-order chi connectivity index (χ0) is 31.5. The molecule has 0 spiro atoms. The lowest BCUT2D eigenvalue weighted by atomic mass is 9.63. The van der Waals surface area contributed by atoms with E-state index < -0.39 is 0 Å². The number of hydrogen-bond acceptors (Lipinski definition) is 2. The second-order valence-electron chi connectivity index (χ2n) is 14.9. The first-order valence-electron chi connectivity index (χ1n) is 16.2. The van der Waals surface area contributed by atoms with E-state index in [1.165, 1.54) is 32.9 Å². The summed E-state index contributed by atoms with van der Waals surface area (Å²) < 4.78 is 13.8. The fourth-order valence-electron chi connectivity index (χ4n) is 7.43. The molecule has 3 aromatic heterocycles. The molecule has 0 unspecified atom stereocenters. The molecular weight excluding hydrogens is 563 g/mol. The van der Waals surface area contributed by atoms with Crippen molar-refractivity contribution in [3.63, 3.8) is 0 Å². The van der Waals surface area contributed by atoms with Crippen LogP contribution < -0.4 is 15.1 Å². The first-order chi connectivity index (χ1) is 22.1. The van der Waals surface area contributed by atoms with Gasteiger partial charge in [-0.25, -0.2) is 0 Å². The summed E-state index contributed by atoms with van der Waals surface area (Å²) in [4.78, 5) is 2.37. The molecule has 0 fully saturated rings. The summed E-state index contributed by atoms with van der Waals surface area (Å²) in [5, 5.41) is 2.56. The number of para-hydroxylation sites is 1. The van der Waals surface area contributed by atoms with Crippen molar-refractivity contribution in [1.29, 1.82) is 0 Å². The van der Waals surface area contributed by atoms with E-state index in [-0.39, 0.29) is 17.8 Å². The van der Waals surface area contributed by atoms with E-state index in [4.69, 9.17) is 4.74 Å². The van der Waals surface area contributed by atoms with Crippen LogP contribution in [0.15, 0.2) is 116 Å². The minimum atomic E-state index is -0.0374. The molecule has 5 nitrogen and oxygen atoms in total. The van der Waals surface area contributed by atoms with E-state index in [0.29, 0.717) is 0 Å². The Bertz CT molecular complexity index is 2260. The predicted molar refractivity (Wildman–Crippen MR) is 192 cm³/mol. The van der Waals surface area contributed by atoms with Crippen LogP contribution in [0.3, 0.4) is 0 Å². The van der Waals surface area contributed by atoms with E-state index >= 15 is 0 Å².